The number of esters is 1. The van der Waals surface area contributed by atoms with Crippen molar-refractivity contribution in [3.05, 3.63) is 23.8 Å². The van der Waals surface area contributed by atoms with Crippen molar-refractivity contribution in [3.63, 3.8) is 0 Å². The second-order valence-corrected chi connectivity index (χ2v) is 5.15. The first kappa shape index (κ1) is 13.7. The van der Waals surface area contributed by atoms with Gasteiger partial charge in [0.1, 0.15) is 0 Å². The van der Waals surface area contributed by atoms with Crippen molar-refractivity contribution in [1.29, 1.82) is 0 Å². The fraction of sp³-hybridized carbons (Fsp3) is 0.533. The molecule has 4 heteroatoms. The number of rotatable bonds is 6. The highest BCUT2D eigenvalue weighted by molar-refractivity contribution is 5.91. The number of carbonyl (C=O) groups excluding carboxylic acids is 1. The lowest BCUT2D eigenvalue weighted by Gasteiger charge is -2.26. The highest BCUT2D eigenvalue weighted by atomic mass is 16.5. The molecule has 104 valence electrons. The van der Waals surface area contributed by atoms with Crippen molar-refractivity contribution in [2.45, 2.75) is 26.2 Å². The number of hydrogen-bond donors (Lipinski definition) is 1. The van der Waals surface area contributed by atoms with Crippen molar-refractivity contribution in [3.8, 4) is 0 Å². The van der Waals surface area contributed by atoms with Crippen LogP contribution in [0.15, 0.2) is 18.2 Å². The van der Waals surface area contributed by atoms with E-state index in [-0.39, 0.29) is 5.97 Å². The molecule has 2 N–H and O–H groups in total. The minimum Gasteiger partial charge on any atom is -0.465 e. The van der Waals surface area contributed by atoms with Crippen LogP contribution in [0.25, 0.3) is 0 Å². The van der Waals surface area contributed by atoms with Gasteiger partial charge in [0.05, 0.1) is 24.0 Å². The summed E-state index contributed by atoms with van der Waals surface area (Å²) in [6.45, 7) is 4.23. The minimum absolute atomic E-state index is 0.345. The molecule has 0 amide bonds. The highest BCUT2D eigenvalue weighted by Gasteiger charge is 2.25. The molecular formula is C15H22N2O2. The van der Waals surface area contributed by atoms with E-state index < -0.39 is 0 Å². The number of hydrogen-bond acceptors (Lipinski definition) is 4. The Balaban J connectivity index is 2.18. The average Bonchev–Trinajstić information content (AvgIpc) is 3.21. The van der Waals surface area contributed by atoms with Gasteiger partial charge in [0, 0.05) is 13.1 Å². The van der Waals surface area contributed by atoms with Crippen LogP contribution in [0, 0.1) is 5.92 Å². The maximum absolute atomic E-state index is 11.5. The molecule has 0 aliphatic heterocycles. The van der Waals surface area contributed by atoms with Gasteiger partial charge in [-0.15, -0.1) is 0 Å². The molecule has 0 atom stereocenters. The smallest absolute Gasteiger partial charge is 0.337 e. The number of methoxy groups -OCH3 is 1. The average molecular weight is 262 g/mol. The molecule has 0 spiro atoms. The summed E-state index contributed by atoms with van der Waals surface area (Å²) < 4.78 is 4.71. The Morgan fingerprint density at radius 3 is 2.74 bits per heavy atom. The van der Waals surface area contributed by atoms with Gasteiger partial charge in [0.25, 0.3) is 0 Å². The summed E-state index contributed by atoms with van der Waals surface area (Å²) in [6.07, 6.45) is 3.73. The number of ether oxygens (including phenoxy) is 1. The molecule has 1 aliphatic rings. The molecule has 1 fully saturated rings. The van der Waals surface area contributed by atoms with Gasteiger partial charge in [-0.2, -0.15) is 0 Å². The summed E-state index contributed by atoms with van der Waals surface area (Å²) in [7, 11) is 1.38. The zero-order valence-electron chi connectivity index (χ0n) is 11.7. The van der Waals surface area contributed by atoms with E-state index in [0.717, 1.165) is 31.1 Å². The van der Waals surface area contributed by atoms with Crippen LogP contribution in [0.2, 0.25) is 0 Å². The van der Waals surface area contributed by atoms with E-state index in [4.69, 9.17) is 10.5 Å². The molecule has 0 aromatic heterocycles. The fourth-order valence-electron chi connectivity index (χ4n) is 2.28. The normalized spacial score (nSPS) is 14.2. The third-order valence-electron chi connectivity index (χ3n) is 3.46. The Hall–Kier alpha value is -1.71. The summed E-state index contributed by atoms with van der Waals surface area (Å²) in [6, 6.07) is 5.42. The van der Waals surface area contributed by atoms with Crippen LogP contribution in [0.4, 0.5) is 11.4 Å². The summed E-state index contributed by atoms with van der Waals surface area (Å²) in [5.74, 6) is 0.466. The SMILES string of the molecule is CCCN(CC1CC1)c1ccc(C(=O)OC)cc1N. The summed E-state index contributed by atoms with van der Waals surface area (Å²) >= 11 is 0. The van der Waals surface area contributed by atoms with E-state index in [2.05, 4.69) is 11.8 Å². The molecule has 1 aromatic carbocycles. The number of nitrogen functional groups attached to an aromatic ring is 1. The fourth-order valence-corrected chi connectivity index (χ4v) is 2.28. The lowest BCUT2D eigenvalue weighted by atomic mass is 10.1. The number of nitrogens with zero attached hydrogens (tertiary/aromatic N) is 1. The van der Waals surface area contributed by atoms with Gasteiger partial charge in [-0.1, -0.05) is 6.92 Å². The van der Waals surface area contributed by atoms with Crippen LogP contribution in [0.3, 0.4) is 0 Å². The van der Waals surface area contributed by atoms with Crippen molar-refractivity contribution in [1.82, 2.24) is 0 Å². The first-order chi connectivity index (χ1) is 9.15. The summed E-state index contributed by atoms with van der Waals surface area (Å²) in [5, 5.41) is 0. The molecule has 0 bridgehead atoms. The molecule has 0 saturated heterocycles. The third-order valence-corrected chi connectivity index (χ3v) is 3.46. The lowest BCUT2D eigenvalue weighted by Crippen LogP contribution is -2.27. The maximum atomic E-state index is 11.5. The number of carbonyl (C=O) groups is 1. The van der Waals surface area contributed by atoms with Gasteiger partial charge in [0.2, 0.25) is 0 Å². The quantitative estimate of drug-likeness (QED) is 0.632. The van der Waals surface area contributed by atoms with Crippen LogP contribution in [-0.4, -0.2) is 26.2 Å². The third kappa shape index (κ3) is 3.40. The molecule has 1 saturated carbocycles. The monoisotopic (exact) mass is 262 g/mol. The predicted octanol–water partition coefficient (Wildman–Crippen LogP) is 2.68. The van der Waals surface area contributed by atoms with Gasteiger partial charge in [-0.3, -0.25) is 0 Å². The van der Waals surface area contributed by atoms with E-state index in [9.17, 15) is 4.79 Å². The molecule has 0 heterocycles. The highest BCUT2D eigenvalue weighted by Crippen LogP contribution is 2.33. The molecule has 1 aromatic rings. The van der Waals surface area contributed by atoms with Crippen LogP contribution >= 0.6 is 0 Å². The molecule has 1 aliphatic carbocycles. The van der Waals surface area contributed by atoms with Gasteiger partial charge in [-0.05, 0) is 43.4 Å². The van der Waals surface area contributed by atoms with Crippen molar-refractivity contribution < 1.29 is 9.53 Å². The number of benzene rings is 1. The molecule has 0 unspecified atom stereocenters. The lowest BCUT2D eigenvalue weighted by molar-refractivity contribution is 0.0601. The van der Waals surface area contributed by atoms with Crippen LogP contribution in [0.5, 0.6) is 0 Å². The summed E-state index contributed by atoms with van der Waals surface area (Å²) in [4.78, 5) is 13.8. The maximum Gasteiger partial charge on any atom is 0.337 e. The van der Waals surface area contributed by atoms with Crippen molar-refractivity contribution >= 4 is 17.3 Å². The van der Waals surface area contributed by atoms with E-state index in [1.807, 2.05) is 6.07 Å². The van der Waals surface area contributed by atoms with Gasteiger partial charge in [0.15, 0.2) is 0 Å². The van der Waals surface area contributed by atoms with Crippen LogP contribution < -0.4 is 10.6 Å². The molecule has 0 radical (unpaired) electrons. The van der Waals surface area contributed by atoms with Crippen molar-refractivity contribution in [2.24, 2.45) is 5.92 Å². The second kappa shape index (κ2) is 5.95. The summed E-state index contributed by atoms with van der Waals surface area (Å²) in [5.41, 5.74) is 8.28. The molecule has 4 nitrogen and oxygen atoms in total. The Bertz CT molecular complexity index is 455. The van der Waals surface area contributed by atoms with Gasteiger partial charge in [-0.25, -0.2) is 4.79 Å². The van der Waals surface area contributed by atoms with E-state index in [1.165, 1.54) is 20.0 Å². The van der Waals surface area contributed by atoms with Crippen molar-refractivity contribution in [2.75, 3.05) is 30.8 Å². The van der Waals surface area contributed by atoms with E-state index >= 15 is 0 Å². The number of nitrogens with two attached hydrogens (primary N) is 1. The van der Waals surface area contributed by atoms with Gasteiger partial charge < -0.3 is 15.4 Å². The van der Waals surface area contributed by atoms with E-state index in [0.29, 0.717) is 11.3 Å². The topological polar surface area (TPSA) is 55.6 Å². The Labute approximate surface area is 114 Å². The van der Waals surface area contributed by atoms with Gasteiger partial charge >= 0.3 is 5.97 Å². The predicted molar refractivity (Wildman–Crippen MR) is 77.4 cm³/mol. The zero-order valence-corrected chi connectivity index (χ0v) is 11.7. The minimum atomic E-state index is -0.345. The first-order valence-electron chi connectivity index (χ1n) is 6.88. The molecule has 2 rings (SSSR count). The molecular weight excluding hydrogens is 240 g/mol. The Kier molecular flexibility index (Phi) is 4.30. The standard InChI is InChI=1S/C15H22N2O2/c1-3-8-17(10-11-4-5-11)14-7-6-12(9-13(14)16)15(18)19-2/h6-7,9,11H,3-5,8,10,16H2,1-2H3. The van der Waals surface area contributed by atoms with E-state index in [1.54, 1.807) is 12.1 Å². The Morgan fingerprint density at radius 2 is 2.21 bits per heavy atom. The van der Waals surface area contributed by atoms with Crippen LogP contribution in [0.1, 0.15) is 36.5 Å². The largest absolute Gasteiger partial charge is 0.465 e. The first-order valence-corrected chi connectivity index (χ1v) is 6.88. The molecule has 19 heavy (non-hydrogen) atoms. The zero-order chi connectivity index (χ0) is 13.8. The Morgan fingerprint density at radius 1 is 1.47 bits per heavy atom. The van der Waals surface area contributed by atoms with Crippen LogP contribution in [-0.2, 0) is 4.74 Å². The number of anilines is 2. The second-order valence-electron chi connectivity index (χ2n) is 5.15.